The molecule has 0 amide bonds. The van der Waals surface area contributed by atoms with Crippen LogP contribution in [0.1, 0.15) is 64.7 Å². The van der Waals surface area contributed by atoms with Crippen LogP contribution in [0.5, 0.6) is 0 Å². The molecule has 0 spiro atoms. The third-order valence-electron chi connectivity index (χ3n) is 2.63. The second-order valence-electron chi connectivity index (χ2n) is 4.68. The highest BCUT2D eigenvalue weighted by atomic mass is 16.4. The molecule has 0 aliphatic rings. The molecule has 4 N–H and O–H groups in total. The van der Waals surface area contributed by atoms with Gasteiger partial charge in [0.2, 0.25) is 0 Å². The number of carboxylic acids is 2. The van der Waals surface area contributed by atoms with Crippen molar-refractivity contribution >= 4 is 11.9 Å². The summed E-state index contributed by atoms with van der Waals surface area (Å²) < 4.78 is 0. The summed E-state index contributed by atoms with van der Waals surface area (Å²) in [5, 5.41) is 33.6. The lowest BCUT2D eigenvalue weighted by molar-refractivity contribution is -0.139. The molecule has 0 radical (unpaired) electrons. The van der Waals surface area contributed by atoms with E-state index in [0.717, 1.165) is 12.8 Å². The number of unbranched alkanes of at least 4 members (excludes halogenated alkanes) is 4. The Morgan fingerprint density at radius 2 is 1.40 bits per heavy atom. The van der Waals surface area contributed by atoms with Crippen LogP contribution in [0.15, 0.2) is 0 Å². The van der Waals surface area contributed by atoms with Crippen molar-refractivity contribution in [3.05, 3.63) is 0 Å². The van der Waals surface area contributed by atoms with Gasteiger partial charge in [-0.2, -0.15) is 0 Å². The molecule has 6 nitrogen and oxygen atoms in total. The molecule has 0 heterocycles. The fraction of sp³-hybridized carbons (Fsp3) is 0.857. The number of rotatable bonds is 11. The zero-order valence-corrected chi connectivity index (χ0v) is 12.3. The summed E-state index contributed by atoms with van der Waals surface area (Å²) in [7, 11) is 0. The zero-order valence-electron chi connectivity index (χ0n) is 12.3. The maximum atomic E-state index is 9.90. The van der Waals surface area contributed by atoms with Gasteiger partial charge in [-0.05, 0) is 19.3 Å². The average molecular weight is 292 g/mol. The SMILES string of the molecule is CCCCCCC(O)CO.O=C(O)CCCCC(=O)O. The molecular formula is C14H28O6. The first-order valence-electron chi connectivity index (χ1n) is 7.16. The number of carboxylic acid groups (broad SMARTS) is 2. The Morgan fingerprint density at radius 3 is 1.75 bits per heavy atom. The number of aliphatic hydroxyl groups is 2. The summed E-state index contributed by atoms with van der Waals surface area (Å²) in [6.45, 7) is 2.06. The second kappa shape index (κ2) is 15.9. The molecule has 120 valence electrons. The van der Waals surface area contributed by atoms with E-state index < -0.39 is 18.0 Å². The van der Waals surface area contributed by atoms with Crippen LogP contribution in [0.25, 0.3) is 0 Å². The molecule has 20 heavy (non-hydrogen) atoms. The van der Waals surface area contributed by atoms with Gasteiger partial charge < -0.3 is 20.4 Å². The Kier molecular flexibility index (Phi) is 16.8. The highest BCUT2D eigenvalue weighted by Crippen LogP contribution is 2.04. The van der Waals surface area contributed by atoms with E-state index in [1.165, 1.54) is 19.3 Å². The molecule has 1 unspecified atom stereocenters. The smallest absolute Gasteiger partial charge is 0.303 e. The standard InChI is InChI=1S/C8H18O2.C6H10O4/c1-2-3-4-5-6-8(10)7-9;7-5(8)3-1-2-4-6(9)10/h8-10H,2-7H2,1H3;1-4H2,(H,7,8)(H,9,10). The summed E-state index contributed by atoms with van der Waals surface area (Å²) in [6, 6.07) is 0. The number of carbonyl (C=O) groups is 2. The van der Waals surface area contributed by atoms with Gasteiger partial charge in [0, 0.05) is 12.8 Å². The molecule has 0 saturated carbocycles. The molecule has 0 bridgehead atoms. The molecule has 0 rings (SSSR count). The van der Waals surface area contributed by atoms with Crippen molar-refractivity contribution in [2.45, 2.75) is 70.8 Å². The molecule has 0 aliphatic carbocycles. The van der Waals surface area contributed by atoms with E-state index >= 15 is 0 Å². The number of aliphatic carboxylic acids is 2. The highest BCUT2D eigenvalue weighted by molar-refractivity contribution is 5.67. The molecule has 0 aromatic carbocycles. The van der Waals surface area contributed by atoms with Gasteiger partial charge >= 0.3 is 11.9 Å². The predicted octanol–water partition coefficient (Wildman–Crippen LogP) is 2.03. The van der Waals surface area contributed by atoms with Crippen LogP contribution in [-0.4, -0.2) is 45.1 Å². The van der Waals surface area contributed by atoms with E-state index in [4.69, 9.17) is 20.4 Å². The van der Waals surface area contributed by atoms with E-state index in [-0.39, 0.29) is 19.4 Å². The lowest BCUT2D eigenvalue weighted by Gasteiger charge is -2.04. The van der Waals surface area contributed by atoms with Crippen molar-refractivity contribution in [1.29, 1.82) is 0 Å². The van der Waals surface area contributed by atoms with Crippen molar-refractivity contribution in [2.24, 2.45) is 0 Å². The summed E-state index contributed by atoms with van der Waals surface area (Å²) in [4.78, 5) is 19.8. The minimum atomic E-state index is -0.870. The van der Waals surface area contributed by atoms with Crippen LogP contribution in [0.4, 0.5) is 0 Å². The quantitative estimate of drug-likeness (QED) is 0.433. The van der Waals surface area contributed by atoms with E-state index in [1.54, 1.807) is 0 Å². The van der Waals surface area contributed by atoms with Crippen LogP contribution >= 0.6 is 0 Å². The van der Waals surface area contributed by atoms with Crippen molar-refractivity contribution in [2.75, 3.05) is 6.61 Å². The van der Waals surface area contributed by atoms with E-state index in [9.17, 15) is 9.59 Å². The fourth-order valence-corrected chi connectivity index (χ4v) is 1.45. The molecule has 6 heteroatoms. The summed E-state index contributed by atoms with van der Waals surface area (Å²) in [5.74, 6) is -1.74. The molecular weight excluding hydrogens is 264 g/mol. The number of hydrogen-bond acceptors (Lipinski definition) is 4. The van der Waals surface area contributed by atoms with Gasteiger partial charge in [-0.1, -0.05) is 32.6 Å². The topological polar surface area (TPSA) is 115 Å². The van der Waals surface area contributed by atoms with Gasteiger partial charge in [0.1, 0.15) is 0 Å². The van der Waals surface area contributed by atoms with Crippen molar-refractivity contribution < 1.29 is 30.0 Å². The third kappa shape index (κ3) is 22.1. The predicted molar refractivity (Wildman–Crippen MR) is 75.6 cm³/mol. The second-order valence-corrected chi connectivity index (χ2v) is 4.68. The minimum absolute atomic E-state index is 0.0628. The molecule has 0 aliphatic heterocycles. The first kappa shape index (κ1) is 21.2. The number of aliphatic hydroxyl groups excluding tert-OH is 2. The third-order valence-corrected chi connectivity index (χ3v) is 2.63. The summed E-state index contributed by atoms with van der Waals surface area (Å²) >= 11 is 0. The Morgan fingerprint density at radius 1 is 0.900 bits per heavy atom. The van der Waals surface area contributed by atoms with Crippen LogP contribution in [0.3, 0.4) is 0 Å². The Labute approximate surface area is 120 Å². The van der Waals surface area contributed by atoms with Gasteiger partial charge in [0.15, 0.2) is 0 Å². The van der Waals surface area contributed by atoms with Gasteiger partial charge in [-0.25, -0.2) is 0 Å². The van der Waals surface area contributed by atoms with E-state index in [2.05, 4.69) is 6.92 Å². The van der Waals surface area contributed by atoms with Crippen LogP contribution < -0.4 is 0 Å². The Hall–Kier alpha value is -1.14. The van der Waals surface area contributed by atoms with Crippen LogP contribution in [-0.2, 0) is 9.59 Å². The van der Waals surface area contributed by atoms with Crippen LogP contribution in [0.2, 0.25) is 0 Å². The normalized spacial score (nSPS) is 11.3. The summed E-state index contributed by atoms with van der Waals surface area (Å²) in [6.07, 6.45) is 5.94. The lowest BCUT2D eigenvalue weighted by Crippen LogP contribution is -2.10. The minimum Gasteiger partial charge on any atom is -0.481 e. The van der Waals surface area contributed by atoms with Gasteiger partial charge in [-0.3, -0.25) is 9.59 Å². The average Bonchev–Trinajstić information content (AvgIpc) is 2.40. The van der Waals surface area contributed by atoms with Gasteiger partial charge in [0.25, 0.3) is 0 Å². The molecule has 1 atom stereocenters. The van der Waals surface area contributed by atoms with Crippen molar-refractivity contribution in [3.8, 4) is 0 Å². The lowest BCUT2D eigenvalue weighted by atomic mass is 10.1. The van der Waals surface area contributed by atoms with E-state index in [1.807, 2.05) is 0 Å². The van der Waals surface area contributed by atoms with Gasteiger partial charge in [-0.15, -0.1) is 0 Å². The molecule has 0 saturated heterocycles. The molecule has 0 aromatic heterocycles. The first-order chi connectivity index (χ1) is 9.43. The maximum Gasteiger partial charge on any atom is 0.303 e. The Balaban J connectivity index is 0. The van der Waals surface area contributed by atoms with Crippen molar-refractivity contribution in [3.63, 3.8) is 0 Å². The number of hydrogen-bond donors (Lipinski definition) is 4. The van der Waals surface area contributed by atoms with Gasteiger partial charge in [0.05, 0.1) is 12.7 Å². The zero-order chi connectivity index (χ0) is 15.8. The highest BCUT2D eigenvalue weighted by Gasteiger charge is 2.00. The maximum absolute atomic E-state index is 9.90. The van der Waals surface area contributed by atoms with Crippen molar-refractivity contribution in [1.82, 2.24) is 0 Å². The van der Waals surface area contributed by atoms with E-state index in [0.29, 0.717) is 12.8 Å². The summed E-state index contributed by atoms with van der Waals surface area (Å²) in [5.41, 5.74) is 0. The monoisotopic (exact) mass is 292 g/mol. The molecule has 0 fully saturated rings. The fourth-order valence-electron chi connectivity index (χ4n) is 1.45. The largest absolute Gasteiger partial charge is 0.481 e. The first-order valence-corrected chi connectivity index (χ1v) is 7.16. The van der Waals surface area contributed by atoms with Crippen LogP contribution in [0, 0.1) is 0 Å². The molecule has 0 aromatic rings. The Bertz CT molecular complexity index is 226.